The summed E-state index contributed by atoms with van der Waals surface area (Å²) >= 11 is 0. The van der Waals surface area contributed by atoms with Gasteiger partial charge in [-0.1, -0.05) is 0 Å². The van der Waals surface area contributed by atoms with E-state index in [0.29, 0.717) is 22.9 Å². The van der Waals surface area contributed by atoms with Crippen LogP contribution in [0.15, 0.2) is 12.1 Å². The lowest BCUT2D eigenvalue weighted by Gasteiger charge is -2.15. The molecule has 0 spiro atoms. The molecule has 0 radical (unpaired) electrons. The third-order valence-corrected chi connectivity index (χ3v) is 2.18. The standard InChI is InChI=1S/C11H16N2O4/c1-12-11(14)13-10-8(16-3)5-7(15-2)6-9(10)17-4/h5-6H,1-4H3,(H2,12,13,14). The van der Waals surface area contributed by atoms with Gasteiger partial charge in [-0.3, -0.25) is 0 Å². The molecule has 0 aromatic heterocycles. The molecule has 17 heavy (non-hydrogen) atoms. The Morgan fingerprint density at radius 1 is 1.06 bits per heavy atom. The average molecular weight is 240 g/mol. The third-order valence-electron chi connectivity index (χ3n) is 2.18. The molecule has 0 unspecified atom stereocenters. The van der Waals surface area contributed by atoms with Crippen molar-refractivity contribution in [3.05, 3.63) is 12.1 Å². The highest BCUT2D eigenvalue weighted by Gasteiger charge is 2.14. The van der Waals surface area contributed by atoms with Gasteiger partial charge in [0.2, 0.25) is 0 Å². The second-order valence-electron chi connectivity index (χ2n) is 3.11. The van der Waals surface area contributed by atoms with Crippen molar-refractivity contribution in [1.29, 1.82) is 0 Å². The first-order valence-corrected chi connectivity index (χ1v) is 4.95. The molecule has 0 aliphatic carbocycles. The molecule has 0 heterocycles. The predicted octanol–water partition coefficient (Wildman–Crippen LogP) is 1.46. The minimum absolute atomic E-state index is 0.355. The number of hydrogen-bond donors (Lipinski definition) is 2. The Labute approximate surface area is 99.9 Å². The molecule has 6 nitrogen and oxygen atoms in total. The molecule has 94 valence electrons. The fourth-order valence-corrected chi connectivity index (χ4v) is 1.30. The number of anilines is 1. The van der Waals surface area contributed by atoms with E-state index >= 15 is 0 Å². The summed E-state index contributed by atoms with van der Waals surface area (Å²) in [7, 11) is 6.07. The SMILES string of the molecule is CNC(=O)Nc1c(OC)cc(OC)cc1OC. The lowest BCUT2D eigenvalue weighted by Crippen LogP contribution is -2.25. The van der Waals surface area contributed by atoms with Gasteiger partial charge in [0.05, 0.1) is 21.3 Å². The molecular weight excluding hydrogens is 224 g/mol. The van der Waals surface area contributed by atoms with Crippen molar-refractivity contribution in [2.24, 2.45) is 0 Å². The van der Waals surface area contributed by atoms with Gasteiger partial charge in [0.1, 0.15) is 22.9 Å². The molecule has 1 aromatic rings. The second kappa shape index (κ2) is 5.83. The van der Waals surface area contributed by atoms with E-state index < -0.39 is 0 Å². The van der Waals surface area contributed by atoms with Gasteiger partial charge >= 0.3 is 6.03 Å². The van der Waals surface area contributed by atoms with Gasteiger partial charge in [-0.25, -0.2) is 4.79 Å². The number of amides is 2. The summed E-state index contributed by atoms with van der Waals surface area (Å²) in [6.45, 7) is 0. The number of rotatable bonds is 4. The maximum absolute atomic E-state index is 11.3. The number of benzene rings is 1. The number of methoxy groups -OCH3 is 3. The Bertz CT molecular complexity index is 381. The largest absolute Gasteiger partial charge is 0.496 e. The normalized spacial score (nSPS) is 9.41. The van der Waals surface area contributed by atoms with Crippen LogP contribution in [0.2, 0.25) is 0 Å². The van der Waals surface area contributed by atoms with Gasteiger partial charge in [-0.15, -0.1) is 0 Å². The molecule has 1 rings (SSSR count). The number of hydrogen-bond acceptors (Lipinski definition) is 4. The minimum Gasteiger partial charge on any atom is -0.496 e. The summed E-state index contributed by atoms with van der Waals surface area (Å²) in [4.78, 5) is 11.3. The van der Waals surface area contributed by atoms with E-state index in [9.17, 15) is 4.79 Å². The Balaban J connectivity index is 3.19. The van der Waals surface area contributed by atoms with Crippen molar-refractivity contribution in [3.63, 3.8) is 0 Å². The Morgan fingerprint density at radius 3 is 1.94 bits per heavy atom. The van der Waals surface area contributed by atoms with Crippen molar-refractivity contribution < 1.29 is 19.0 Å². The summed E-state index contributed by atoms with van der Waals surface area (Å²) in [5, 5.41) is 5.08. The molecule has 0 atom stereocenters. The summed E-state index contributed by atoms with van der Waals surface area (Å²) in [5.74, 6) is 1.51. The van der Waals surface area contributed by atoms with E-state index in [1.807, 2.05) is 0 Å². The maximum Gasteiger partial charge on any atom is 0.319 e. The molecule has 0 bridgehead atoms. The lowest BCUT2D eigenvalue weighted by atomic mass is 10.2. The van der Waals surface area contributed by atoms with Crippen LogP contribution in [0.4, 0.5) is 10.5 Å². The van der Waals surface area contributed by atoms with Crippen LogP contribution in [0.25, 0.3) is 0 Å². The van der Waals surface area contributed by atoms with Crippen LogP contribution >= 0.6 is 0 Å². The van der Waals surface area contributed by atoms with Crippen molar-refractivity contribution in [1.82, 2.24) is 5.32 Å². The van der Waals surface area contributed by atoms with E-state index in [0.717, 1.165) is 0 Å². The van der Waals surface area contributed by atoms with Crippen LogP contribution < -0.4 is 24.8 Å². The third kappa shape index (κ3) is 2.93. The monoisotopic (exact) mass is 240 g/mol. The summed E-state index contributed by atoms with van der Waals surface area (Å²) < 4.78 is 15.4. The molecule has 0 aliphatic rings. The molecule has 6 heteroatoms. The zero-order chi connectivity index (χ0) is 12.8. The maximum atomic E-state index is 11.3. The first-order chi connectivity index (χ1) is 8.15. The first-order valence-electron chi connectivity index (χ1n) is 4.95. The first kappa shape index (κ1) is 13.0. The van der Waals surface area contributed by atoms with E-state index in [-0.39, 0.29) is 6.03 Å². The number of carbonyl (C=O) groups excluding carboxylic acids is 1. The quantitative estimate of drug-likeness (QED) is 0.836. The van der Waals surface area contributed by atoms with Gasteiger partial charge in [-0.05, 0) is 0 Å². The Kier molecular flexibility index (Phi) is 4.45. The van der Waals surface area contributed by atoms with Crippen molar-refractivity contribution in [2.45, 2.75) is 0 Å². The van der Waals surface area contributed by atoms with Crippen LogP contribution in [0.1, 0.15) is 0 Å². The van der Waals surface area contributed by atoms with E-state index in [1.54, 1.807) is 19.2 Å². The van der Waals surface area contributed by atoms with Gasteiger partial charge < -0.3 is 24.8 Å². The van der Waals surface area contributed by atoms with Crippen molar-refractivity contribution in [2.75, 3.05) is 33.7 Å². The summed E-state index contributed by atoms with van der Waals surface area (Å²) in [6.07, 6.45) is 0. The Morgan fingerprint density at radius 2 is 1.59 bits per heavy atom. The number of carbonyl (C=O) groups is 1. The topological polar surface area (TPSA) is 68.8 Å². The van der Waals surface area contributed by atoms with Crippen molar-refractivity contribution in [3.8, 4) is 17.2 Å². The molecule has 2 amide bonds. The highest BCUT2D eigenvalue weighted by atomic mass is 16.5. The molecule has 0 fully saturated rings. The van der Waals surface area contributed by atoms with E-state index in [2.05, 4.69) is 10.6 Å². The van der Waals surface area contributed by atoms with Crippen LogP contribution in [0, 0.1) is 0 Å². The molecule has 1 aromatic carbocycles. The predicted molar refractivity (Wildman–Crippen MR) is 64.2 cm³/mol. The molecular formula is C11H16N2O4. The van der Waals surface area contributed by atoms with Crippen LogP contribution in [-0.4, -0.2) is 34.4 Å². The smallest absolute Gasteiger partial charge is 0.319 e. The molecule has 0 saturated carbocycles. The van der Waals surface area contributed by atoms with Gasteiger partial charge in [-0.2, -0.15) is 0 Å². The van der Waals surface area contributed by atoms with E-state index in [4.69, 9.17) is 14.2 Å². The van der Waals surface area contributed by atoms with Gasteiger partial charge in [0.15, 0.2) is 0 Å². The molecule has 0 saturated heterocycles. The van der Waals surface area contributed by atoms with Crippen molar-refractivity contribution >= 4 is 11.7 Å². The Hall–Kier alpha value is -2.11. The fourth-order valence-electron chi connectivity index (χ4n) is 1.30. The molecule has 2 N–H and O–H groups in total. The minimum atomic E-state index is -0.355. The van der Waals surface area contributed by atoms with Crippen LogP contribution in [-0.2, 0) is 0 Å². The zero-order valence-corrected chi connectivity index (χ0v) is 10.3. The van der Waals surface area contributed by atoms with E-state index in [1.165, 1.54) is 21.3 Å². The highest BCUT2D eigenvalue weighted by molar-refractivity contribution is 5.93. The average Bonchev–Trinajstić information content (AvgIpc) is 2.38. The van der Waals surface area contributed by atoms with Gasteiger partial charge in [0.25, 0.3) is 0 Å². The van der Waals surface area contributed by atoms with Crippen LogP contribution in [0.3, 0.4) is 0 Å². The summed E-state index contributed by atoms with van der Waals surface area (Å²) in [6, 6.07) is 2.97. The number of nitrogens with one attached hydrogen (secondary N) is 2. The van der Waals surface area contributed by atoms with Gasteiger partial charge in [0, 0.05) is 19.2 Å². The van der Waals surface area contributed by atoms with Crippen LogP contribution in [0.5, 0.6) is 17.2 Å². The zero-order valence-electron chi connectivity index (χ0n) is 10.3. The lowest BCUT2D eigenvalue weighted by molar-refractivity contribution is 0.253. The fraction of sp³-hybridized carbons (Fsp3) is 0.364. The molecule has 0 aliphatic heterocycles. The number of urea groups is 1. The second-order valence-corrected chi connectivity index (χ2v) is 3.11. The highest BCUT2D eigenvalue weighted by Crippen LogP contribution is 2.38. The summed E-state index contributed by atoms with van der Waals surface area (Å²) in [5.41, 5.74) is 0.454. The number of ether oxygens (including phenoxy) is 3.